The van der Waals surface area contributed by atoms with Gasteiger partial charge in [-0.3, -0.25) is 0 Å². The molecule has 0 bridgehead atoms. The molecule has 0 saturated carbocycles. The number of aryl methyl sites for hydroxylation is 2. The summed E-state index contributed by atoms with van der Waals surface area (Å²) >= 11 is 6.04. The van der Waals surface area contributed by atoms with Gasteiger partial charge in [0.2, 0.25) is 0 Å². The van der Waals surface area contributed by atoms with Gasteiger partial charge in [0.05, 0.1) is 0 Å². The minimum atomic E-state index is 0.307. The highest BCUT2D eigenvalue weighted by molar-refractivity contribution is 6.30. The summed E-state index contributed by atoms with van der Waals surface area (Å²) in [6.45, 7) is 3.08. The summed E-state index contributed by atoms with van der Waals surface area (Å²) < 4.78 is 0. The Morgan fingerprint density at radius 3 is 2.80 bits per heavy atom. The van der Waals surface area contributed by atoms with E-state index in [-0.39, 0.29) is 0 Å². The summed E-state index contributed by atoms with van der Waals surface area (Å²) in [6.07, 6.45) is 3.81. The van der Waals surface area contributed by atoms with Crippen LogP contribution in [0.25, 0.3) is 0 Å². The zero-order valence-corrected chi connectivity index (χ0v) is 12.6. The number of benzene rings is 2. The van der Waals surface area contributed by atoms with Crippen LogP contribution in [0, 0.1) is 0 Å². The van der Waals surface area contributed by atoms with Crippen LogP contribution in [-0.4, -0.2) is 0 Å². The van der Waals surface area contributed by atoms with E-state index in [1.165, 1.54) is 36.0 Å². The van der Waals surface area contributed by atoms with E-state index in [0.29, 0.717) is 6.04 Å². The number of fused-ring (bicyclic) bond motifs is 1. The summed E-state index contributed by atoms with van der Waals surface area (Å²) in [5.41, 5.74) is 5.69. The average Bonchev–Trinajstić information content (AvgIpc) is 2.92. The number of hydrogen-bond donors (Lipinski definition) is 1. The Hall–Kier alpha value is -1.31. The highest BCUT2D eigenvalue weighted by Crippen LogP contribution is 2.23. The quantitative estimate of drug-likeness (QED) is 0.860. The Labute approximate surface area is 126 Å². The number of rotatable bonds is 4. The standard InChI is InChI=1S/C18H20ClN/c1-13(16-5-3-7-18(19)11-16)20-12-14-8-9-15-4-2-6-17(15)10-14/h3,5,7-11,13,20H,2,4,6,12H2,1H3/t13-/m0/s1. The lowest BCUT2D eigenvalue weighted by Crippen LogP contribution is -2.18. The first-order valence-electron chi connectivity index (χ1n) is 7.32. The number of halogens is 1. The summed E-state index contributed by atoms with van der Waals surface area (Å²) in [6, 6.07) is 15.3. The fraction of sp³-hybridized carbons (Fsp3) is 0.333. The molecule has 0 spiro atoms. The van der Waals surface area contributed by atoms with Crippen LogP contribution < -0.4 is 5.32 Å². The maximum absolute atomic E-state index is 6.04. The molecule has 2 aromatic rings. The summed E-state index contributed by atoms with van der Waals surface area (Å²) in [5.74, 6) is 0. The lowest BCUT2D eigenvalue weighted by atomic mass is 10.1. The van der Waals surface area contributed by atoms with Gasteiger partial charge in [-0.2, -0.15) is 0 Å². The molecule has 0 radical (unpaired) electrons. The summed E-state index contributed by atoms with van der Waals surface area (Å²) in [7, 11) is 0. The van der Waals surface area contributed by atoms with E-state index < -0.39 is 0 Å². The molecule has 1 atom stereocenters. The summed E-state index contributed by atoms with van der Waals surface area (Å²) in [5, 5.41) is 4.37. The van der Waals surface area contributed by atoms with Crippen LogP contribution in [-0.2, 0) is 19.4 Å². The topological polar surface area (TPSA) is 12.0 Å². The highest BCUT2D eigenvalue weighted by Gasteiger charge is 2.11. The molecule has 0 aromatic heterocycles. The molecule has 0 amide bonds. The van der Waals surface area contributed by atoms with Crippen molar-refractivity contribution in [3.8, 4) is 0 Å². The molecule has 1 nitrogen and oxygen atoms in total. The minimum Gasteiger partial charge on any atom is -0.306 e. The Kier molecular flexibility index (Phi) is 4.09. The smallest absolute Gasteiger partial charge is 0.0409 e. The Balaban J connectivity index is 1.64. The van der Waals surface area contributed by atoms with Gasteiger partial charge in [0.15, 0.2) is 0 Å². The molecular formula is C18H20ClN. The number of nitrogens with one attached hydrogen (secondary N) is 1. The van der Waals surface area contributed by atoms with Crippen LogP contribution in [0.15, 0.2) is 42.5 Å². The molecule has 0 aliphatic heterocycles. The van der Waals surface area contributed by atoms with Gasteiger partial charge in [0.1, 0.15) is 0 Å². The van der Waals surface area contributed by atoms with E-state index in [0.717, 1.165) is 11.6 Å². The highest BCUT2D eigenvalue weighted by atomic mass is 35.5. The van der Waals surface area contributed by atoms with Crippen LogP contribution in [0.4, 0.5) is 0 Å². The van der Waals surface area contributed by atoms with Crippen LogP contribution >= 0.6 is 11.6 Å². The summed E-state index contributed by atoms with van der Waals surface area (Å²) in [4.78, 5) is 0. The third kappa shape index (κ3) is 3.05. The van der Waals surface area contributed by atoms with Crippen molar-refractivity contribution in [2.24, 2.45) is 0 Å². The van der Waals surface area contributed by atoms with Gasteiger partial charge in [0.25, 0.3) is 0 Å². The molecule has 20 heavy (non-hydrogen) atoms. The van der Waals surface area contributed by atoms with E-state index in [1.54, 1.807) is 5.56 Å². The van der Waals surface area contributed by atoms with Crippen molar-refractivity contribution >= 4 is 11.6 Å². The van der Waals surface area contributed by atoms with Crippen molar-refractivity contribution in [2.75, 3.05) is 0 Å². The van der Waals surface area contributed by atoms with Crippen molar-refractivity contribution in [1.82, 2.24) is 5.32 Å². The second-order valence-corrected chi connectivity index (χ2v) is 6.05. The third-order valence-electron chi connectivity index (χ3n) is 4.12. The fourth-order valence-electron chi connectivity index (χ4n) is 2.90. The maximum Gasteiger partial charge on any atom is 0.0409 e. The first kappa shape index (κ1) is 13.7. The predicted molar refractivity (Wildman–Crippen MR) is 85.2 cm³/mol. The van der Waals surface area contributed by atoms with Crippen molar-refractivity contribution in [2.45, 2.75) is 38.8 Å². The van der Waals surface area contributed by atoms with Gasteiger partial charge in [-0.25, -0.2) is 0 Å². The molecule has 0 fully saturated rings. The first-order chi connectivity index (χ1) is 9.72. The molecule has 104 valence electrons. The van der Waals surface area contributed by atoms with Crippen molar-refractivity contribution < 1.29 is 0 Å². The molecule has 0 saturated heterocycles. The Morgan fingerprint density at radius 1 is 1.10 bits per heavy atom. The number of hydrogen-bond acceptors (Lipinski definition) is 1. The van der Waals surface area contributed by atoms with Crippen molar-refractivity contribution in [3.05, 3.63) is 69.7 Å². The second-order valence-electron chi connectivity index (χ2n) is 5.61. The molecular weight excluding hydrogens is 266 g/mol. The van der Waals surface area contributed by atoms with Crippen LogP contribution in [0.5, 0.6) is 0 Å². The lowest BCUT2D eigenvalue weighted by molar-refractivity contribution is 0.574. The van der Waals surface area contributed by atoms with E-state index in [9.17, 15) is 0 Å². The van der Waals surface area contributed by atoms with Crippen LogP contribution in [0.3, 0.4) is 0 Å². The van der Waals surface area contributed by atoms with Crippen molar-refractivity contribution in [1.29, 1.82) is 0 Å². The molecule has 1 aliphatic rings. The molecule has 2 aromatic carbocycles. The zero-order valence-electron chi connectivity index (χ0n) is 11.8. The van der Waals surface area contributed by atoms with Crippen molar-refractivity contribution in [3.63, 3.8) is 0 Å². The molecule has 3 rings (SSSR count). The first-order valence-corrected chi connectivity index (χ1v) is 7.70. The fourth-order valence-corrected chi connectivity index (χ4v) is 3.10. The Morgan fingerprint density at radius 2 is 1.95 bits per heavy atom. The lowest BCUT2D eigenvalue weighted by Gasteiger charge is -2.15. The van der Waals surface area contributed by atoms with Gasteiger partial charge < -0.3 is 5.32 Å². The van der Waals surface area contributed by atoms with E-state index >= 15 is 0 Å². The molecule has 0 heterocycles. The normalized spacial score (nSPS) is 15.1. The third-order valence-corrected chi connectivity index (χ3v) is 4.36. The van der Waals surface area contributed by atoms with Gasteiger partial charge in [-0.15, -0.1) is 0 Å². The van der Waals surface area contributed by atoms with E-state index in [2.05, 4.69) is 36.5 Å². The average molecular weight is 286 g/mol. The zero-order chi connectivity index (χ0) is 13.9. The van der Waals surface area contributed by atoms with Crippen LogP contribution in [0.2, 0.25) is 5.02 Å². The minimum absolute atomic E-state index is 0.307. The maximum atomic E-state index is 6.04. The molecule has 1 N–H and O–H groups in total. The van der Waals surface area contributed by atoms with Gasteiger partial charge in [-0.05, 0) is 60.6 Å². The SMILES string of the molecule is C[C@H](NCc1ccc2c(c1)CCC2)c1cccc(Cl)c1. The molecule has 2 heteroatoms. The predicted octanol–water partition coefficient (Wildman–Crippen LogP) is 4.68. The van der Waals surface area contributed by atoms with E-state index in [4.69, 9.17) is 11.6 Å². The Bertz CT molecular complexity index is 606. The molecule has 0 unspecified atom stereocenters. The molecule has 1 aliphatic carbocycles. The second kappa shape index (κ2) is 5.99. The van der Waals surface area contributed by atoms with Gasteiger partial charge in [-0.1, -0.05) is 41.9 Å². The van der Waals surface area contributed by atoms with E-state index in [1.807, 2.05) is 18.2 Å². The largest absolute Gasteiger partial charge is 0.306 e. The van der Waals surface area contributed by atoms with Gasteiger partial charge >= 0.3 is 0 Å². The monoisotopic (exact) mass is 285 g/mol. The van der Waals surface area contributed by atoms with Crippen LogP contribution in [0.1, 0.15) is 41.6 Å². The van der Waals surface area contributed by atoms with Gasteiger partial charge in [0, 0.05) is 17.6 Å².